The summed E-state index contributed by atoms with van der Waals surface area (Å²) in [4.78, 5) is 73.5. The Morgan fingerprint density at radius 1 is 0.887 bits per heavy atom. The molecule has 4 aliphatic heterocycles. The molecule has 0 bridgehead atoms. The third-order valence-corrected chi connectivity index (χ3v) is 14.1. The number of allylic oxidation sites excluding steroid dienone is 5. The van der Waals surface area contributed by atoms with Crippen LogP contribution in [0.15, 0.2) is 118 Å². The van der Waals surface area contributed by atoms with E-state index in [1.807, 2.05) is 86.3 Å². The lowest BCUT2D eigenvalue weighted by atomic mass is 9.94. The summed E-state index contributed by atoms with van der Waals surface area (Å²) >= 11 is 7.11. The number of carboxylic acids is 1. The minimum Gasteiger partial charge on any atom is -0.500 e. The van der Waals surface area contributed by atoms with Gasteiger partial charge in [-0.15, -0.1) is 0 Å². The maximum absolute atomic E-state index is 13.5. The van der Waals surface area contributed by atoms with Crippen molar-refractivity contribution in [3.8, 4) is 5.75 Å². The van der Waals surface area contributed by atoms with E-state index in [0.29, 0.717) is 68.3 Å². The number of amides is 4. The lowest BCUT2D eigenvalue weighted by Gasteiger charge is -2.37. The molecule has 4 amide bonds. The zero-order chi connectivity index (χ0) is 50.8. The van der Waals surface area contributed by atoms with Gasteiger partial charge in [-0.3, -0.25) is 38.9 Å². The van der Waals surface area contributed by atoms with Crippen LogP contribution in [0, 0.1) is 0 Å². The van der Waals surface area contributed by atoms with Crippen molar-refractivity contribution >= 4 is 68.9 Å². The molecule has 1 N–H and O–H groups in total. The van der Waals surface area contributed by atoms with Gasteiger partial charge in [0.1, 0.15) is 17.5 Å². The number of carbonyl (C=O) groups is 5. The van der Waals surface area contributed by atoms with Crippen molar-refractivity contribution in [3.63, 3.8) is 0 Å². The topological polar surface area (TPSA) is 156 Å². The molecule has 71 heavy (non-hydrogen) atoms. The number of ether oxygens (including phenoxy) is 2. The zero-order valence-corrected chi connectivity index (χ0v) is 42.5. The van der Waals surface area contributed by atoms with Gasteiger partial charge >= 0.3 is 5.97 Å². The summed E-state index contributed by atoms with van der Waals surface area (Å²) in [5.41, 5.74) is 6.38. The van der Waals surface area contributed by atoms with Gasteiger partial charge in [-0.1, -0.05) is 65.7 Å². The van der Waals surface area contributed by atoms with E-state index in [0.717, 1.165) is 92.7 Å². The van der Waals surface area contributed by atoms with Crippen LogP contribution in [-0.2, 0) is 28.7 Å². The summed E-state index contributed by atoms with van der Waals surface area (Å²) in [5, 5.41) is 20.3. The molecule has 1 atom stereocenters. The standard InChI is InChI=1S/C55H66ClN7O8/c1-37(15-13-33-71-48-22-11-17-41-16-7-8-19-43(41)48)52(55(68)69)62(46-21-12-20-45(56)51(46)44-36-39(3)57-59(6)40(44)4)30-29-60-25-14-26-61(28-27-60)31-34-70-32-10-9-18-42-38(2)35-50(65)63(53(42)66)47-23-24-49(64)58(5)54(47)67/h7-12,16-22,32,47H,13-15,23-31,33-36H2,1-6H3,(H,68,69)/b18-9-,32-10+,52-37+. The first-order valence-electron chi connectivity index (χ1n) is 24.5. The average Bonchev–Trinajstić information content (AvgIpc) is 3.58. The fraction of sp³-hybridized carbons (Fsp3) is 0.418. The highest BCUT2D eigenvalue weighted by Crippen LogP contribution is 2.41. The first kappa shape index (κ1) is 52.3. The number of rotatable bonds is 19. The SMILES string of the molecule is CC1=NN(C)C(C)=C(c2c(Cl)cccc2N(CCN2CCCN(CCO/C=C/C=C\C3=C(C)CC(=O)N(C4CCC(=O)N(C)C4=O)C3=O)CC2)/C(C(=O)O)=C(\C)CCCOc2cccc3ccccc23)C1. The van der Waals surface area contributed by atoms with Gasteiger partial charge < -0.3 is 24.4 Å². The number of carboxylic acid groups (broad SMARTS) is 1. The summed E-state index contributed by atoms with van der Waals surface area (Å²) in [5.74, 6) is -2.06. The van der Waals surface area contributed by atoms with Crippen LogP contribution in [0.5, 0.6) is 5.75 Å². The number of anilines is 1. The summed E-state index contributed by atoms with van der Waals surface area (Å²) < 4.78 is 12.1. The van der Waals surface area contributed by atoms with Crippen molar-refractivity contribution in [2.24, 2.45) is 5.10 Å². The van der Waals surface area contributed by atoms with Gasteiger partial charge in [-0.2, -0.15) is 5.10 Å². The molecular weight excluding hydrogens is 922 g/mol. The number of hydrogen-bond donors (Lipinski definition) is 1. The minimum absolute atomic E-state index is 0.0118. The fourth-order valence-corrected chi connectivity index (χ4v) is 10.1. The Hall–Kier alpha value is -6.55. The highest BCUT2D eigenvalue weighted by atomic mass is 35.5. The lowest BCUT2D eigenvalue weighted by Crippen LogP contribution is -2.57. The number of fused-ring (bicyclic) bond motifs is 1. The van der Waals surface area contributed by atoms with Crippen LogP contribution in [0.3, 0.4) is 0 Å². The third-order valence-electron chi connectivity index (χ3n) is 13.8. The van der Waals surface area contributed by atoms with Crippen molar-refractivity contribution < 1.29 is 38.6 Å². The molecule has 2 saturated heterocycles. The predicted octanol–water partition coefficient (Wildman–Crippen LogP) is 8.28. The molecule has 2 fully saturated rings. The summed E-state index contributed by atoms with van der Waals surface area (Å²) in [7, 11) is 3.29. The fourth-order valence-electron chi connectivity index (χ4n) is 9.81. The Morgan fingerprint density at radius 2 is 1.62 bits per heavy atom. The highest BCUT2D eigenvalue weighted by Gasteiger charge is 2.43. The van der Waals surface area contributed by atoms with Crippen molar-refractivity contribution in [1.82, 2.24) is 24.6 Å². The van der Waals surface area contributed by atoms with E-state index in [1.165, 1.54) is 7.05 Å². The monoisotopic (exact) mass is 987 g/mol. The Bertz CT molecular complexity index is 2720. The maximum Gasteiger partial charge on any atom is 0.352 e. The number of hydrazone groups is 1. The highest BCUT2D eigenvalue weighted by molar-refractivity contribution is 6.33. The van der Waals surface area contributed by atoms with Gasteiger partial charge in [0.05, 0.1) is 30.2 Å². The molecule has 3 aromatic carbocycles. The number of likely N-dealkylation sites (tertiary alicyclic amines) is 1. The Labute approximate surface area is 421 Å². The van der Waals surface area contributed by atoms with Gasteiger partial charge in [0.25, 0.3) is 11.8 Å². The molecule has 4 aliphatic rings. The second-order valence-electron chi connectivity index (χ2n) is 18.6. The number of carbonyl (C=O) groups excluding carboxylic acids is 4. The van der Waals surface area contributed by atoms with Crippen LogP contribution >= 0.6 is 11.6 Å². The molecule has 0 aliphatic carbocycles. The van der Waals surface area contributed by atoms with E-state index in [-0.39, 0.29) is 30.9 Å². The van der Waals surface area contributed by atoms with E-state index in [9.17, 15) is 29.1 Å². The van der Waals surface area contributed by atoms with Crippen LogP contribution in [0.2, 0.25) is 5.02 Å². The van der Waals surface area contributed by atoms with E-state index in [2.05, 4.69) is 27.0 Å². The van der Waals surface area contributed by atoms with Crippen molar-refractivity contribution in [1.29, 1.82) is 0 Å². The smallest absolute Gasteiger partial charge is 0.352 e. The summed E-state index contributed by atoms with van der Waals surface area (Å²) in [6, 6.07) is 18.9. The van der Waals surface area contributed by atoms with Crippen LogP contribution in [-0.4, -0.2) is 144 Å². The number of likely N-dealkylation sites (N-methyl/N-ethyl adjacent to an activating group) is 1. The number of halogens is 1. The van der Waals surface area contributed by atoms with Crippen LogP contribution in [0.1, 0.15) is 78.2 Å². The first-order chi connectivity index (χ1) is 34.1. The van der Waals surface area contributed by atoms with E-state index >= 15 is 0 Å². The largest absolute Gasteiger partial charge is 0.500 e. The number of nitrogens with zero attached hydrogens (tertiary/aromatic N) is 7. The van der Waals surface area contributed by atoms with Gasteiger partial charge in [-0.25, -0.2) is 4.79 Å². The zero-order valence-electron chi connectivity index (χ0n) is 41.8. The van der Waals surface area contributed by atoms with Crippen molar-refractivity contribution in [2.45, 2.75) is 78.7 Å². The molecule has 16 heteroatoms. The quantitative estimate of drug-likeness (QED) is 0.0404. The third kappa shape index (κ3) is 12.5. The summed E-state index contributed by atoms with van der Waals surface area (Å²) in [6.45, 7) is 13.6. The Balaban J connectivity index is 0.985. The Morgan fingerprint density at radius 3 is 2.39 bits per heavy atom. The van der Waals surface area contributed by atoms with Crippen LogP contribution < -0.4 is 9.64 Å². The molecular formula is C55H66ClN7O8. The normalized spacial score (nSPS) is 19.3. The molecule has 1 unspecified atom stereocenters. The van der Waals surface area contributed by atoms with Gasteiger partial charge in [0.2, 0.25) is 11.8 Å². The molecule has 4 heterocycles. The average molecular weight is 989 g/mol. The molecule has 376 valence electrons. The Kier molecular flexibility index (Phi) is 17.7. The van der Waals surface area contributed by atoms with Crippen molar-refractivity contribution in [2.75, 3.05) is 78.0 Å². The molecule has 15 nitrogen and oxygen atoms in total. The molecule has 7 rings (SSSR count). The van der Waals surface area contributed by atoms with Gasteiger partial charge in [0, 0.05) is 94.0 Å². The minimum atomic E-state index is -1.00. The number of aliphatic carboxylic acids is 1. The summed E-state index contributed by atoms with van der Waals surface area (Å²) in [6.07, 6.45) is 9.44. The molecule has 0 aromatic heterocycles. The van der Waals surface area contributed by atoms with Crippen LogP contribution in [0.25, 0.3) is 16.3 Å². The van der Waals surface area contributed by atoms with Crippen molar-refractivity contribution in [3.05, 3.63) is 124 Å². The second-order valence-corrected chi connectivity index (χ2v) is 19.0. The lowest BCUT2D eigenvalue weighted by molar-refractivity contribution is -0.160. The molecule has 0 saturated carbocycles. The number of hydrogen-bond acceptors (Lipinski definition) is 12. The number of benzene rings is 3. The van der Waals surface area contributed by atoms with Crippen LogP contribution in [0.4, 0.5) is 5.69 Å². The van der Waals surface area contributed by atoms with E-state index in [1.54, 1.807) is 31.4 Å². The molecule has 0 radical (unpaired) electrons. The molecule has 3 aromatic rings. The first-order valence-corrected chi connectivity index (χ1v) is 24.9. The maximum atomic E-state index is 13.5. The van der Waals surface area contributed by atoms with E-state index in [4.69, 9.17) is 21.1 Å². The van der Waals surface area contributed by atoms with Gasteiger partial charge in [0.15, 0.2) is 0 Å². The van der Waals surface area contributed by atoms with E-state index < -0.39 is 29.7 Å². The van der Waals surface area contributed by atoms with Gasteiger partial charge in [-0.05, 0) is 113 Å². The number of imide groups is 2. The second kappa shape index (κ2) is 24.0. The molecule has 0 spiro atoms. The predicted molar refractivity (Wildman–Crippen MR) is 278 cm³/mol. The number of piperidine rings is 1.